The van der Waals surface area contributed by atoms with E-state index in [1.165, 1.54) is 12.1 Å². The van der Waals surface area contributed by atoms with Crippen molar-refractivity contribution in [1.82, 2.24) is 10.2 Å². The summed E-state index contributed by atoms with van der Waals surface area (Å²) in [7, 11) is -2.22. The molecule has 226 valence electrons. The number of ether oxygens (including phenoxy) is 1. The van der Waals surface area contributed by atoms with Crippen LogP contribution in [0.5, 0.6) is 11.5 Å². The van der Waals surface area contributed by atoms with Gasteiger partial charge in [0.15, 0.2) is 11.0 Å². The summed E-state index contributed by atoms with van der Waals surface area (Å²) in [5.74, 6) is 0.582. The maximum absolute atomic E-state index is 13.4. The number of nitrogens with one attached hydrogen (secondary N) is 1. The minimum atomic E-state index is -3.90. The minimum Gasteiger partial charge on any atom is -0.495 e. The quantitative estimate of drug-likeness (QED) is 0.211. The lowest BCUT2D eigenvalue weighted by atomic mass is 10.0. The zero-order valence-corrected chi connectivity index (χ0v) is 25.3. The number of nitrogens with zero attached hydrogens (tertiary/aromatic N) is 2. The van der Waals surface area contributed by atoms with Gasteiger partial charge in [-0.3, -0.25) is 14.5 Å². The standard InChI is InChI=1S/C32H35N3O7S/c1-22-29(36)25-20-24(42-43(3,38)39)21-26(31(25)41-30(22)23-10-5-4-6-11-23)32(37)33-14-9-15-34-16-18-35(19-17-34)27-12-7-8-13-28(27)40-2/h4-8,10-13,20-21H,9,14-19H2,1-3H3,(H,33,37). The number of carbonyl (C=O) groups excluding carboxylic acids is 1. The Hall–Kier alpha value is -4.35. The molecule has 0 bridgehead atoms. The van der Waals surface area contributed by atoms with Crippen LogP contribution in [0.2, 0.25) is 0 Å². The van der Waals surface area contributed by atoms with Crippen molar-refractivity contribution in [2.75, 3.05) is 57.5 Å². The second kappa shape index (κ2) is 12.9. The van der Waals surface area contributed by atoms with Crippen molar-refractivity contribution in [2.45, 2.75) is 13.3 Å². The number of para-hydroxylation sites is 2. The van der Waals surface area contributed by atoms with Gasteiger partial charge in [0.05, 0.1) is 30.0 Å². The van der Waals surface area contributed by atoms with Gasteiger partial charge in [-0.25, -0.2) is 0 Å². The molecule has 1 saturated heterocycles. The monoisotopic (exact) mass is 605 g/mol. The fourth-order valence-electron chi connectivity index (χ4n) is 5.32. The van der Waals surface area contributed by atoms with E-state index in [2.05, 4.69) is 21.2 Å². The zero-order chi connectivity index (χ0) is 30.6. The fraction of sp³-hybridized carbons (Fsp3) is 0.312. The zero-order valence-electron chi connectivity index (χ0n) is 24.5. The van der Waals surface area contributed by atoms with Gasteiger partial charge in [0.25, 0.3) is 5.91 Å². The van der Waals surface area contributed by atoms with E-state index in [1.54, 1.807) is 14.0 Å². The van der Waals surface area contributed by atoms with Gasteiger partial charge >= 0.3 is 10.1 Å². The molecule has 0 radical (unpaired) electrons. The molecule has 1 aliphatic heterocycles. The first-order valence-electron chi connectivity index (χ1n) is 14.1. The molecule has 0 aliphatic carbocycles. The molecule has 1 fully saturated rings. The van der Waals surface area contributed by atoms with Crippen molar-refractivity contribution in [3.63, 3.8) is 0 Å². The van der Waals surface area contributed by atoms with Crippen LogP contribution < -0.4 is 24.6 Å². The average molecular weight is 606 g/mol. The fourth-order valence-corrected chi connectivity index (χ4v) is 5.77. The van der Waals surface area contributed by atoms with Gasteiger partial charge in [-0.05, 0) is 44.2 Å². The third-order valence-corrected chi connectivity index (χ3v) is 7.95. The molecule has 1 aromatic heterocycles. The Bertz CT molecular complexity index is 1780. The lowest BCUT2D eigenvalue weighted by molar-refractivity contribution is 0.0951. The van der Waals surface area contributed by atoms with E-state index in [4.69, 9.17) is 13.3 Å². The SMILES string of the molecule is COc1ccccc1N1CCN(CCCNC(=O)c2cc(OS(C)(=O)=O)cc3c(=O)c(C)c(-c4ccccc4)oc23)CC1. The Kier molecular flexibility index (Phi) is 9.02. The van der Waals surface area contributed by atoms with Crippen molar-refractivity contribution < 1.29 is 26.5 Å². The second-order valence-corrected chi connectivity index (χ2v) is 12.1. The third kappa shape index (κ3) is 7.00. The molecule has 3 aromatic carbocycles. The predicted octanol–water partition coefficient (Wildman–Crippen LogP) is 4.06. The van der Waals surface area contributed by atoms with Gasteiger partial charge in [0.1, 0.15) is 17.3 Å². The number of rotatable bonds is 10. The molecule has 1 aliphatic rings. The molecule has 0 spiro atoms. The Morgan fingerprint density at radius 2 is 1.70 bits per heavy atom. The molecule has 0 atom stereocenters. The Labute approximate surface area is 250 Å². The van der Waals surface area contributed by atoms with Gasteiger partial charge < -0.3 is 23.6 Å². The Balaban J connectivity index is 1.29. The number of benzene rings is 3. The average Bonchev–Trinajstić information content (AvgIpc) is 3.00. The molecule has 2 heterocycles. The predicted molar refractivity (Wildman–Crippen MR) is 167 cm³/mol. The molecule has 5 rings (SSSR count). The number of carbonyl (C=O) groups is 1. The summed E-state index contributed by atoms with van der Waals surface area (Å²) in [5, 5.41) is 2.97. The van der Waals surface area contributed by atoms with E-state index in [9.17, 15) is 18.0 Å². The normalized spacial score (nSPS) is 14.1. The highest BCUT2D eigenvalue weighted by molar-refractivity contribution is 7.86. The third-order valence-electron chi connectivity index (χ3n) is 7.46. The Morgan fingerprint density at radius 1 is 1.00 bits per heavy atom. The van der Waals surface area contributed by atoms with Gasteiger partial charge in [-0.15, -0.1) is 0 Å². The first-order chi connectivity index (χ1) is 20.6. The van der Waals surface area contributed by atoms with Crippen LogP contribution in [-0.2, 0) is 10.1 Å². The second-order valence-electron chi connectivity index (χ2n) is 10.5. The van der Waals surface area contributed by atoms with Gasteiger partial charge in [0.2, 0.25) is 0 Å². The number of hydrogen-bond donors (Lipinski definition) is 1. The highest BCUT2D eigenvalue weighted by Gasteiger charge is 2.22. The first kappa shape index (κ1) is 30.1. The summed E-state index contributed by atoms with van der Waals surface area (Å²) < 4.78 is 40.5. The maximum Gasteiger partial charge on any atom is 0.306 e. The van der Waals surface area contributed by atoms with E-state index in [1.807, 2.05) is 48.5 Å². The molecule has 11 heteroatoms. The van der Waals surface area contributed by atoms with E-state index in [0.29, 0.717) is 29.9 Å². The molecule has 4 aromatic rings. The van der Waals surface area contributed by atoms with Crippen molar-refractivity contribution in [3.8, 4) is 22.8 Å². The van der Waals surface area contributed by atoms with Crippen LogP contribution in [0.4, 0.5) is 5.69 Å². The van der Waals surface area contributed by atoms with E-state index in [0.717, 1.165) is 50.4 Å². The molecule has 1 N–H and O–H groups in total. The topological polar surface area (TPSA) is 118 Å². The van der Waals surface area contributed by atoms with Crippen molar-refractivity contribution >= 4 is 32.7 Å². The number of anilines is 1. The first-order valence-corrected chi connectivity index (χ1v) is 15.9. The molecule has 1 amide bonds. The van der Waals surface area contributed by atoms with Crippen molar-refractivity contribution in [2.24, 2.45) is 0 Å². The highest BCUT2D eigenvalue weighted by atomic mass is 32.2. The summed E-state index contributed by atoms with van der Waals surface area (Å²) in [6.07, 6.45) is 1.61. The van der Waals surface area contributed by atoms with E-state index < -0.39 is 16.0 Å². The van der Waals surface area contributed by atoms with Gasteiger partial charge in [-0.2, -0.15) is 8.42 Å². The number of methoxy groups -OCH3 is 1. The summed E-state index contributed by atoms with van der Waals surface area (Å²) in [5.41, 5.74) is 1.83. The van der Waals surface area contributed by atoms with Crippen molar-refractivity contribution in [3.05, 3.63) is 88.1 Å². The number of fused-ring (bicyclic) bond motifs is 1. The van der Waals surface area contributed by atoms with Crippen LogP contribution in [-0.4, -0.2) is 71.9 Å². The van der Waals surface area contributed by atoms with Crippen LogP contribution in [0.1, 0.15) is 22.3 Å². The lowest BCUT2D eigenvalue weighted by Crippen LogP contribution is -2.47. The molecular weight excluding hydrogens is 570 g/mol. The largest absolute Gasteiger partial charge is 0.495 e. The van der Waals surface area contributed by atoms with E-state index in [-0.39, 0.29) is 27.7 Å². The molecule has 0 unspecified atom stereocenters. The summed E-state index contributed by atoms with van der Waals surface area (Å²) in [4.78, 5) is 31.5. The summed E-state index contributed by atoms with van der Waals surface area (Å²) in [6.45, 7) is 6.31. The number of hydrogen-bond acceptors (Lipinski definition) is 9. The highest BCUT2D eigenvalue weighted by Crippen LogP contribution is 2.31. The Morgan fingerprint density at radius 3 is 2.40 bits per heavy atom. The molecular formula is C32H35N3O7S. The number of amides is 1. The molecule has 10 nitrogen and oxygen atoms in total. The van der Waals surface area contributed by atoms with Crippen LogP contribution in [0, 0.1) is 6.92 Å². The summed E-state index contributed by atoms with van der Waals surface area (Å²) in [6, 6.07) is 19.7. The smallest absolute Gasteiger partial charge is 0.306 e. The van der Waals surface area contributed by atoms with Gasteiger partial charge in [-0.1, -0.05) is 42.5 Å². The van der Waals surface area contributed by atoms with Crippen molar-refractivity contribution in [1.29, 1.82) is 0 Å². The van der Waals surface area contributed by atoms with Crippen LogP contribution in [0.15, 0.2) is 75.9 Å². The summed E-state index contributed by atoms with van der Waals surface area (Å²) >= 11 is 0. The molecule has 0 saturated carbocycles. The van der Waals surface area contributed by atoms with Gasteiger partial charge in [0, 0.05) is 43.9 Å². The lowest BCUT2D eigenvalue weighted by Gasteiger charge is -2.36. The van der Waals surface area contributed by atoms with Crippen LogP contribution in [0.25, 0.3) is 22.3 Å². The van der Waals surface area contributed by atoms with E-state index >= 15 is 0 Å². The van der Waals surface area contributed by atoms with Crippen LogP contribution >= 0.6 is 0 Å². The maximum atomic E-state index is 13.4. The molecule has 43 heavy (non-hydrogen) atoms. The minimum absolute atomic E-state index is 0.0239. The number of piperazine rings is 1. The van der Waals surface area contributed by atoms with Crippen LogP contribution in [0.3, 0.4) is 0 Å².